The molecule has 6 nitrogen and oxygen atoms in total. The Morgan fingerprint density at radius 1 is 1.53 bits per heavy atom. The molecular formula is C6H9F3N4O2. The van der Waals surface area contributed by atoms with E-state index in [1.165, 1.54) is 6.33 Å². The molecule has 1 aromatic heterocycles. The van der Waals surface area contributed by atoms with Crippen LogP contribution in [-0.2, 0) is 11.3 Å². The lowest BCUT2D eigenvalue weighted by molar-refractivity contribution is -0.192. The van der Waals surface area contributed by atoms with E-state index in [2.05, 4.69) is 10.1 Å². The van der Waals surface area contributed by atoms with Crippen LogP contribution in [0.4, 0.5) is 13.2 Å². The summed E-state index contributed by atoms with van der Waals surface area (Å²) in [4.78, 5) is 12.6. The van der Waals surface area contributed by atoms with Gasteiger partial charge in [-0.2, -0.15) is 18.3 Å². The fourth-order valence-corrected chi connectivity index (χ4v) is 0.480. The highest BCUT2D eigenvalue weighted by Crippen LogP contribution is 2.13. The first kappa shape index (κ1) is 13.4. The summed E-state index contributed by atoms with van der Waals surface area (Å²) >= 11 is 0. The number of hydrogen-bond donors (Lipinski definition) is 2. The summed E-state index contributed by atoms with van der Waals surface area (Å²) < 4.78 is 33.4. The Hall–Kier alpha value is -1.64. The van der Waals surface area contributed by atoms with E-state index in [-0.39, 0.29) is 0 Å². The molecule has 86 valence electrons. The average molecular weight is 226 g/mol. The lowest BCUT2D eigenvalue weighted by atomic mass is 10.7. The van der Waals surface area contributed by atoms with Crippen molar-refractivity contribution in [2.24, 2.45) is 5.73 Å². The Morgan fingerprint density at radius 3 is 2.33 bits per heavy atom. The number of rotatable bonds is 2. The van der Waals surface area contributed by atoms with Gasteiger partial charge in [0.05, 0.1) is 6.54 Å². The van der Waals surface area contributed by atoms with Crippen molar-refractivity contribution in [2.75, 3.05) is 6.54 Å². The molecule has 0 spiro atoms. The largest absolute Gasteiger partial charge is 0.490 e. The molecule has 0 aliphatic heterocycles. The quantitative estimate of drug-likeness (QED) is 0.732. The zero-order chi connectivity index (χ0) is 11.9. The lowest BCUT2D eigenvalue weighted by Gasteiger charge is -1.93. The third kappa shape index (κ3) is 6.43. The summed E-state index contributed by atoms with van der Waals surface area (Å²) in [7, 11) is 0. The Balaban J connectivity index is 0.000000265. The monoisotopic (exact) mass is 226 g/mol. The zero-order valence-electron chi connectivity index (χ0n) is 7.48. The highest BCUT2D eigenvalue weighted by molar-refractivity contribution is 5.73. The molecule has 1 rings (SSSR count). The molecule has 0 aliphatic rings. The first-order chi connectivity index (χ1) is 6.88. The Bertz CT molecular complexity index is 285. The van der Waals surface area contributed by atoms with Crippen LogP contribution in [0.25, 0.3) is 0 Å². The molecule has 0 saturated heterocycles. The van der Waals surface area contributed by atoms with Crippen LogP contribution in [0.15, 0.2) is 12.7 Å². The summed E-state index contributed by atoms with van der Waals surface area (Å²) in [5, 5.41) is 11.0. The molecule has 0 aromatic carbocycles. The molecule has 0 unspecified atom stereocenters. The normalized spacial score (nSPS) is 10.4. The van der Waals surface area contributed by atoms with Crippen molar-refractivity contribution in [1.29, 1.82) is 0 Å². The number of carboxylic acid groups (broad SMARTS) is 1. The molecule has 9 heteroatoms. The predicted molar refractivity (Wildman–Crippen MR) is 42.8 cm³/mol. The Morgan fingerprint density at radius 2 is 2.07 bits per heavy atom. The second kappa shape index (κ2) is 5.96. The smallest absolute Gasteiger partial charge is 0.475 e. The maximum Gasteiger partial charge on any atom is 0.490 e. The summed E-state index contributed by atoms with van der Waals surface area (Å²) in [6, 6.07) is 0. The van der Waals surface area contributed by atoms with Gasteiger partial charge in [0.1, 0.15) is 12.7 Å². The van der Waals surface area contributed by atoms with Crippen LogP contribution in [0.3, 0.4) is 0 Å². The maximum atomic E-state index is 10.6. The molecule has 0 radical (unpaired) electrons. The highest BCUT2D eigenvalue weighted by Gasteiger charge is 2.38. The standard InChI is InChI=1S/C4H8N4.C2HF3O2/c5-1-2-8-4-6-3-7-8;3-2(4,5)1(6)7/h3-4H,1-2,5H2;(H,6,7). The van der Waals surface area contributed by atoms with Gasteiger partial charge in [-0.1, -0.05) is 0 Å². The van der Waals surface area contributed by atoms with E-state index in [0.717, 1.165) is 6.54 Å². The average Bonchev–Trinajstić information content (AvgIpc) is 2.57. The van der Waals surface area contributed by atoms with E-state index in [1.54, 1.807) is 11.0 Å². The maximum absolute atomic E-state index is 10.6. The van der Waals surface area contributed by atoms with Gasteiger partial charge in [-0.15, -0.1) is 0 Å². The number of halogens is 3. The molecular weight excluding hydrogens is 217 g/mol. The van der Waals surface area contributed by atoms with Gasteiger partial charge in [-0.3, -0.25) is 4.68 Å². The van der Waals surface area contributed by atoms with Gasteiger partial charge in [0.25, 0.3) is 0 Å². The second-order valence-corrected chi connectivity index (χ2v) is 2.25. The van der Waals surface area contributed by atoms with Crippen LogP contribution >= 0.6 is 0 Å². The van der Waals surface area contributed by atoms with Gasteiger partial charge in [0, 0.05) is 6.54 Å². The number of aliphatic carboxylic acids is 1. The highest BCUT2D eigenvalue weighted by atomic mass is 19.4. The molecule has 1 heterocycles. The summed E-state index contributed by atoms with van der Waals surface area (Å²) in [5.74, 6) is -2.76. The fraction of sp³-hybridized carbons (Fsp3) is 0.500. The van der Waals surface area contributed by atoms with Crippen molar-refractivity contribution in [1.82, 2.24) is 14.8 Å². The summed E-state index contributed by atoms with van der Waals surface area (Å²) in [6.45, 7) is 1.36. The van der Waals surface area contributed by atoms with Gasteiger partial charge in [-0.05, 0) is 0 Å². The van der Waals surface area contributed by atoms with Crippen LogP contribution in [0.5, 0.6) is 0 Å². The number of nitrogens with zero attached hydrogens (tertiary/aromatic N) is 3. The topological polar surface area (TPSA) is 94.0 Å². The van der Waals surface area contributed by atoms with Crippen molar-refractivity contribution in [3.63, 3.8) is 0 Å². The second-order valence-electron chi connectivity index (χ2n) is 2.25. The van der Waals surface area contributed by atoms with E-state index < -0.39 is 12.1 Å². The third-order valence-corrected chi connectivity index (χ3v) is 1.07. The number of carboxylic acids is 1. The van der Waals surface area contributed by atoms with Crippen molar-refractivity contribution in [3.8, 4) is 0 Å². The minimum atomic E-state index is -5.08. The number of nitrogens with two attached hydrogens (primary N) is 1. The van der Waals surface area contributed by atoms with Crippen LogP contribution in [0, 0.1) is 0 Å². The molecule has 0 fully saturated rings. The molecule has 3 N–H and O–H groups in total. The van der Waals surface area contributed by atoms with Crippen LogP contribution in [-0.4, -0.2) is 38.6 Å². The van der Waals surface area contributed by atoms with E-state index in [0.29, 0.717) is 6.54 Å². The van der Waals surface area contributed by atoms with Crippen LogP contribution in [0.1, 0.15) is 0 Å². The number of carbonyl (C=O) groups is 1. The molecule has 0 bridgehead atoms. The minimum absolute atomic E-state index is 0.614. The van der Waals surface area contributed by atoms with Crippen LogP contribution in [0.2, 0.25) is 0 Å². The van der Waals surface area contributed by atoms with E-state index in [4.69, 9.17) is 15.6 Å². The molecule has 0 saturated carbocycles. The number of hydrogen-bond acceptors (Lipinski definition) is 4. The number of alkyl halides is 3. The third-order valence-electron chi connectivity index (χ3n) is 1.07. The van der Waals surface area contributed by atoms with Crippen molar-refractivity contribution in [3.05, 3.63) is 12.7 Å². The lowest BCUT2D eigenvalue weighted by Crippen LogP contribution is -2.21. The molecule has 1 aromatic rings. The molecule has 0 atom stereocenters. The van der Waals surface area contributed by atoms with E-state index in [1.807, 2.05) is 0 Å². The molecule has 0 amide bonds. The van der Waals surface area contributed by atoms with Gasteiger partial charge in [0.2, 0.25) is 0 Å². The van der Waals surface area contributed by atoms with Crippen molar-refractivity contribution < 1.29 is 23.1 Å². The van der Waals surface area contributed by atoms with Gasteiger partial charge < -0.3 is 10.8 Å². The summed E-state index contributed by atoms with van der Waals surface area (Å²) in [6.07, 6.45) is -1.94. The van der Waals surface area contributed by atoms with Crippen molar-refractivity contribution in [2.45, 2.75) is 12.7 Å². The predicted octanol–water partition coefficient (Wildman–Crippen LogP) is -0.130. The summed E-state index contributed by atoms with van der Waals surface area (Å²) in [5.41, 5.74) is 5.23. The van der Waals surface area contributed by atoms with Crippen LogP contribution < -0.4 is 5.73 Å². The Kier molecular flexibility index (Phi) is 5.31. The fourth-order valence-electron chi connectivity index (χ4n) is 0.480. The molecule has 0 aliphatic carbocycles. The first-order valence-electron chi connectivity index (χ1n) is 3.70. The zero-order valence-corrected chi connectivity index (χ0v) is 7.48. The number of aromatic nitrogens is 3. The minimum Gasteiger partial charge on any atom is -0.475 e. The molecule has 15 heavy (non-hydrogen) atoms. The Labute approximate surface area is 82.5 Å². The van der Waals surface area contributed by atoms with E-state index >= 15 is 0 Å². The SMILES string of the molecule is NCCn1cncn1.O=C(O)C(F)(F)F. The van der Waals surface area contributed by atoms with Gasteiger partial charge in [0.15, 0.2) is 0 Å². The first-order valence-corrected chi connectivity index (χ1v) is 3.70. The van der Waals surface area contributed by atoms with Gasteiger partial charge in [-0.25, -0.2) is 9.78 Å². The van der Waals surface area contributed by atoms with Crippen molar-refractivity contribution >= 4 is 5.97 Å². The van der Waals surface area contributed by atoms with E-state index in [9.17, 15) is 13.2 Å². The van der Waals surface area contributed by atoms with Gasteiger partial charge >= 0.3 is 12.1 Å².